The largest absolute Gasteiger partial charge is 0.330 e. The van der Waals surface area contributed by atoms with E-state index in [1.165, 1.54) is 35.6 Å². The number of hydrogen-bond acceptors (Lipinski definition) is 3. The Hall–Kier alpha value is -0.410. The van der Waals surface area contributed by atoms with Gasteiger partial charge in [0.15, 0.2) is 0 Å². The molecule has 0 aliphatic carbocycles. The maximum Gasteiger partial charge on any atom is 0.0940 e. The van der Waals surface area contributed by atoms with Gasteiger partial charge in [0.25, 0.3) is 0 Å². The van der Waals surface area contributed by atoms with Gasteiger partial charge < -0.3 is 5.73 Å². The van der Waals surface area contributed by atoms with E-state index in [4.69, 9.17) is 5.73 Å². The van der Waals surface area contributed by atoms with Crippen molar-refractivity contribution in [2.75, 3.05) is 6.54 Å². The van der Waals surface area contributed by atoms with Gasteiger partial charge in [-0.05, 0) is 19.4 Å². The summed E-state index contributed by atoms with van der Waals surface area (Å²) in [5.41, 5.74) is 5.46. The molecule has 1 aromatic rings. The Kier molecular flexibility index (Phi) is 5.01. The van der Waals surface area contributed by atoms with Crippen molar-refractivity contribution >= 4 is 11.3 Å². The zero-order valence-electron chi connectivity index (χ0n) is 8.25. The third-order valence-corrected chi connectivity index (χ3v) is 3.10. The van der Waals surface area contributed by atoms with E-state index in [0.717, 1.165) is 6.42 Å². The van der Waals surface area contributed by atoms with Gasteiger partial charge in [0.1, 0.15) is 0 Å². The molecule has 1 aromatic heterocycles. The second-order valence-electron chi connectivity index (χ2n) is 3.22. The van der Waals surface area contributed by atoms with Crippen molar-refractivity contribution in [3.63, 3.8) is 0 Å². The van der Waals surface area contributed by atoms with E-state index in [0.29, 0.717) is 6.54 Å². The van der Waals surface area contributed by atoms with Crippen LogP contribution in [0.15, 0.2) is 6.20 Å². The van der Waals surface area contributed by atoms with Crippen molar-refractivity contribution in [3.8, 4) is 0 Å². The number of nitrogens with two attached hydrogens (primary N) is 1. The van der Waals surface area contributed by atoms with Crippen LogP contribution in [0, 0.1) is 0 Å². The summed E-state index contributed by atoms with van der Waals surface area (Å²) in [7, 11) is 0. The summed E-state index contributed by atoms with van der Waals surface area (Å²) in [5, 5.41) is 1.19. The molecule has 0 unspecified atom stereocenters. The molecule has 0 aliphatic rings. The molecule has 0 aromatic carbocycles. The van der Waals surface area contributed by atoms with Crippen LogP contribution in [0.4, 0.5) is 0 Å². The first-order valence-electron chi connectivity index (χ1n) is 5.00. The lowest BCUT2D eigenvalue weighted by atomic mass is 10.2. The summed E-state index contributed by atoms with van der Waals surface area (Å²) >= 11 is 1.82. The van der Waals surface area contributed by atoms with Gasteiger partial charge >= 0.3 is 0 Å². The smallest absolute Gasteiger partial charge is 0.0940 e. The summed E-state index contributed by atoms with van der Waals surface area (Å²) in [6, 6.07) is 0. The lowest BCUT2D eigenvalue weighted by Gasteiger charge is -1.93. The number of hydrogen-bond donors (Lipinski definition) is 1. The van der Waals surface area contributed by atoms with E-state index < -0.39 is 0 Å². The molecule has 1 heterocycles. The van der Waals surface area contributed by atoms with Gasteiger partial charge in [-0.2, -0.15) is 0 Å². The van der Waals surface area contributed by atoms with Crippen LogP contribution >= 0.6 is 11.3 Å². The Bertz CT molecular complexity index is 233. The fraction of sp³-hybridized carbons (Fsp3) is 0.700. The minimum Gasteiger partial charge on any atom is -0.330 e. The molecule has 0 atom stereocenters. The number of rotatable bonds is 6. The van der Waals surface area contributed by atoms with Crippen molar-refractivity contribution in [3.05, 3.63) is 16.1 Å². The third kappa shape index (κ3) is 3.87. The van der Waals surface area contributed by atoms with Crippen molar-refractivity contribution in [2.45, 2.75) is 39.0 Å². The summed E-state index contributed by atoms with van der Waals surface area (Å²) in [6.45, 7) is 2.94. The molecule has 3 heteroatoms. The Morgan fingerprint density at radius 2 is 2.23 bits per heavy atom. The van der Waals surface area contributed by atoms with Crippen LogP contribution in [-0.4, -0.2) is 11.5 Å². The molecule has 13 heavy (non-hydrogen) atoms. The van der Waals surface area contributed by atoms with Crippen molar-refractivity contribution in [1.82, 2.24) is 4.98 Å². The molecule has 0 saturated carbocycles. The fourth-order valence-corrected chi connectivity index (χ4v) is 2.23. The maximum atomic E-state index is 5.46. The number of nitrogens with zero attached hydrogens (tertiary/aromatic N) is 1. The van der Waals surface area contributed by atoms with Gasteiger partial charge in [0.2, 0.25) is 0 Å². The SMILES string of the molecule is CCCCCc1cnc(CCN)s1. The molecule has 0 radical (unpaired) electrons. The number of aryl methyl sites for hydroxylation is 1. The number of thiazole rings is 1. The molecule has 2 nitrogen and oxygen atoms in total. The molecule has 0 fully saturated rings. The Labute approximate surface area is 84.2 Å². The van der Waals surface area contributed by atoms with Crippen molar-refractivity contribution < 1.29 is 0 Å². The van der Waals surface area contributed by atoms with E-state index >= 15 is 0 Å². The standard InChI is InChI=1S/C10H18N2S/c1-2-3-4-5-9-8-12-10(13-9)6-7-11/h8H,2-7,11H2,1H3. The van der Waals surface area contributed by atoms with E-state index in [-0.39, 0.29) is 0 Å². The summed E-state index contributed by atoms with van der Waals surface area (Å²) < 4.78 is 0. The molecule has 74 valence electrons. The van der Waals surface area contributed by atoms with Gasteiger partial charge in [0.05, 0.1) is 5.01 Å². The van der Waals surface area contributed by atoms with Crippen LogP contribution in [0.5, 0.6) is 0 Å². The first-order chi connectivity index (χ1) is 6.36. The highest BCUT2D eigenvalue weighted by Gasteiger charge is 2.00. The van der Waals surface area contributed by atoms with E-state index in [2.05, 4.69) is 11.9 Å². The minimum absolute atomic E-state index is 0.710. The monoisotopic (exact) mass is 198 g/mol. The van der Waals surface area contributed by atoms with Crippen LogP contribution < -0.4 is 5.73 Å². The first-order valence-corrected chi connectivity index (χ1v) is 5.82. The molecule has 2 N–H and O–H groups in total. The Balaban J connectivity index is 2.31. The maximum absolute atomic E-state index is 5.46. The molecule has 0 amide bonds. The van der Waals surface area contributed by atoms with Gasteiger partial charge in [-0.1, -0.05) is 19.8 Å². The highest BCUT2D eigenvalue weighted by molar-refractivity contribution is 7.11. The van der Waals surface area contributed by atoms with Crippen LogP contribution in [0.25, 0.3) is 0 Å². The zero-order chi connectivity index (χ0) is 9.52. The average molecular weight is 198 g/mol. The van der Waals surface area contributed by atoms with Crippen LogP contribution in [0.3, 0.4) is 0 Å². The molecule has 0 spiro atoms. The number of unbranched alkanes of at least 4 members (excludes halogenated alkanes) is 2. The van der Waals surface area contributed by atoms with Gasteiger partial charge in [-0.25, -0.2) is 4.98 Å². The number of aromatic nitrogens is 1. The summed E-state index contributed by atoms with van der Waals surface area (Å²) in [5.74, 6) is 0. The molecular formula is C10H18N2S. The quantitative estimate of drug-likeness (QED) is 0.713. The molecule has 0 saturated heterocycles. The molecular weight excluding hydrogens is 180 g/mol. The fourth-order valence-electron chi connectivity index (χ4n) is 1.25. The molecule has 1 rings (SSSR count). The zero-order valence-corrected chi connectivity index (χ0v) is 9.07. The second-order valence-corrected chi connectivity index (χ2v) is 4.42. The van der Waals surface area contributed by atoms with Crippen LogP contribution in [0.2, 0.25) is 0 Å². The Morgan fingerprint density at radius 1 is 1.38 bits per heavy atom. The van der Waals surface area contributed by atoms with E-state index in [1.54, 1.807) is 0 Å². The van der Waals surface area contributed by atoms with Crippen LogP contribution in [0.1, 0.15) is 36.1 Å². The summed E-state index contributed by atoms with van der Waals surface area (Å²) in [4.78, 5) is 5.74. The second kappa shape index (κ2) is 6.11. The first kappa shape index (κ1) is 10.7. The average Bonchev–Trinajstić information content (AvgIpc) is 2.54. The predicted octanol–water partition coefficient (Wildman–Crippen LogP) is 2.38. The van der Waals surface area contributed by atoms with Gasteiger partial charge in [-0.15, -0.1) is 11.3 Å². The lowest BCUT2D eigenvalue weighted by Crippen LogP contribution is -2.01. The van der Waals surface area contributed by atoms with Gasteiger partial charge in [0, 0.05) is 17.5 Å². The van der Waals surface area contributed by atoms with Gasteiger partial charge in [-0.3, -0.25) is 0 Å². The minimum atomic E-state index is 0.710. The third-order valence-electron chi connectivity index (χ3n) is 1.99. The molecule has 0 aliphatic heterocycles. The highest BCUT2D eigenvalue weighted by Crippen LogP contribution is 2.15. The normalized spacial score (nSPS) is 10.6. The van der Waals surface area contributed by atoms with Crippen molar-refractivity contribution in [2.24, 2.45) is 5.73 Å². The predicted molar refractivity (Wildman–Crippen MR) is 58.1 cm³/mol. The Morgan fingerprint density at radius 3 is 2.92 bits per heavy atom. The lowest BCUT2D eigenvalue weighted by molar-refractivity contribution is 0.722. The highest BCUT2D eigenvalue weighted by atomic mass is 32.1. The molecule has 0 bridgehead atoms. The van der Waals surface area contributed by atoms with Crippen molar-refractivity contribution in [1.29, 1.82) is 0 Å². The topological polar surface area (TPSA) is 38.9 Å². The van der Waals surface area contributed by atoms with Crippen LogP contribution in [-0.2, 0) is 12.8 Å². The summed E-state index contributed by atoms with van der Waals surface area (Å²) in [6.07, 6.45) is 8.03. The van der Waals surface area contributed by atoms with E-state index in [9.17, 15) is 0 Å². The van der Waals surface area contributed by atoms with E-state index in [1.807, 2.05) is 17.5 Å².